The van der Waals surface area contributed by atoms with E-state index in [9.17, 15) is 22.8 Å². The van der Waals surface area contributed by atoms with Gasteiger partial charge in [-0.15, -0.1) is 0 Å². The topological polar surface area (TPSA) is 125 Å². The van der Waals surface area contributed by atoms with Gasteiger partial charge < -0.3 is 19.4 Å². The van der Waals surface area contributed by atoms with E-state index >= 15 is 0 Å². The first-order valence-electron chi connectivity index (χ1n) is 13.5. The Bertz CT molecular complexity index is 1650. The quantitative estimate of drug-likeness (QED) is 0.376. The minimum absolute atomic E-state index is 0.0773. The molecule has 1 atom stereocenters. The van der Waals surface area contributed by atoms with Crippen molar-refractivity contribution in [2.75, 3.05) is 55.7 Å². The van der Waals surface area contributed by atoms with Crippen LogP contribution >= 0.6 is 0 Å². The van der Waals surface area contributed by atoms with Crippen LogP contribution in [0.25, 0.3) is 22.0 Å². The summed E-state index contributed by atoms with van der Waals surface area (Å²) in [5.41, 5.74) is 0.445. The van der Waals surface area contributed by atoms with Crippen LogP contribution in [0.15, 0.2) is 47.7 Å². The van der Waals surface area contributed by atoms with Crippen molar-refractivity contribution in [2.45, 2.75) is 18.7 Å². The van der Waals surface area contributed by atoms with Crippen LogP contribution in [0, 0.1) is 0 Å². The highest BCUT2D eigenvalue weighted by Gasteiger charge is 2.32. The standard InChI is InChI=1S/C27H28F3N9O3/c1-36-5-4-22(35-36)17-2-3-20-21(12-17)24(33-34-25(20)41)39-10-11-42-19(16-39)13-23(40)37-6-8-38(9-7-37)26-31-14-18(15-32-26)27(28,29)30/h2-5,12,14-15,19H,6-11,13,16H2,1H3,(H,34,41)/t19-/m1/s1. The molecule has 2 saturated heterocycles. The number of nitrogens with one attached hydrogen (secondary N) is 1. The predicted octanol–water partition coefficient (Wildman–Crippen LogP) is 2.08. The average Bonchev–Trinajstić information content (AvgIpc) is 3.43. The predicted molar refractivity (Wildman–Crippen MR) is 147 cm³/mol. The molecular weight excluding hydrogens is 555 g/mol. The van der Waals surface area contributed by atoms with Gasteiger partial charge in [0.15, 0.2) is 5.82 Å². The van der Waals surface area contributed by atoms with Gasteiger partial charge >= 0.3 is 6.18 Å². The highest BCUT2D eigenvalue weighted by molar-refractivity contribution is 5.94. The Balaban J connectivity index is 1.10. The van der Waals surface area contributed by atoms with Gasteiger partial charge in [0.05, 0.1) is 35.8 Å². The van der Waals surface area contributed by atoms with Gasteiger partial charge in [0.1, 0.15) is 0 Å². The fourth-order valence-electron chi connectivity index (χ4n) is 5.27. The monoisotopic (exact) mass is 583 g/mol. The summed E-state index contributed by atoms with van der Waals surface area (Å²) < 4.78 is 46.1. The normalized spacial score (nSPS) is 18.1. The lowest BCUT2D eigenvalue weighted by atomic mass is 10.1. The summed E-state index contributed by atoms with van der Waals surface area (Å²) in [7, 11) is 1.84. The molecule has 2 fully saturated rings. The molecular formula is C27H28F3N9O3. The Kier molecular flexibility index (Phi) is 7.26. The molecule has 220 valence electrons. The van der Waals surface area contributed by atoms with E-state index in [1.165, 1.54) is 0 Å². The van der Waals surface area contributed by atoms with Gasteiger partial charge in [-0.25, -0.2) is 15.1 Å². The van der Waals surface area contributed by atoms with Crippen molar-refractivity contribution in [2.24, 2.45) is 7.05 Å². The van der Waals surface area contributed by atoms with E-state index in [-0.39, 0.29) is 29.9 Å². The van der Waals surface area contributed by atoms with E-state index in [0.29, 0.717) is 62.5 Å². The molecule has 3 aromatic heterocycles. The van der Waals surface area contributed by atoms with Crippen LogP contribution in [0.5, 0.6) is 0 Å². The molecule has 0 radical (unpaired) electrons. The van der Waals surface area contributed by atoms with E-state index in [1.54, 1.807) is 20.5 Å². The van der Waals surface area contributed by atoms with Crippen molar-refractivity contribution in [3.63, 3.8) is 0 Å². The van der Waals surface area contributed by atoms with Gasteiger partial charge in [-0.2, -0.15) is 23.4 Å². The van der Waals surface area contributed by atoms with Crippen molar-refractivity contribution in [1.29, 1.82) is 0 Å². The molecule has 2 aliphatic heterocycles. The van der Waals surface area contributed by atoms with Gasteiger partial charge in [-0.1, -0.05) is 6.07 Å². The number of H-pyrrole nitrogens is 1. The summed E-state index contributed by atoms with van der Waals surface area (Å²) >= 11 is 0. The number of alkyl halides is 3. The number of carbonyl (C=O) groups excluding carboxylic acids is 1. The van der Waals surface area contributed by atoms with E-state index < -0.39 is 11.7 Å². The third-order valence-electron chi connectivity index (χ3n) is 7.50. The summed E-state index contributed by atoms with van der Waals surface area (Å²) in [4.78, 5) is 38.9. The second kappa shape index (κ2) is 11.0. The zero-order valence-corrected chi connectivity index (χ0v) is 22.7. The highest BCUT2D eigenvalue weighted by Crippen LogP contribution is 2.30. The Morgan fingerprint density at radius 3 is 2.50 bits per heavy atom. The van der Waals surface area contributed by atoms with Crippen molar-refractivity contribution >= 4 is 28.4 Å². The zero-order chi connectivity index (χ0) is 29.4. The number of aromatic amines is 1. The fourth-order valence-corrected chi connectivity index (χ4v) is 5.27. The smallest absolute Gasteiger partial charge is 0.374 e. The Hall–Kier alpha value is -4.53. The van der Waals surface area contributed by atoms with Crippen LogP contribution in [-0.2, 0) is 22.8 Å². The SMILES string of the molecule is Cn1ccc(-c2ccc3c(=O)[nH]nc(N4CCO[C@H](CC(=O)N5CCN(c6ncc(C(F)(F)F)cn6)CC5)C4)c3c2)n1. The fraction of sp³-hybridized carbons (Fsp3) is 0.407. The number of halogens is 3. The van der Waals surface area contributed by atoms with E-state index in [2.05, 4.69) is 25.3 Å². The number of hydrogen-bond donors (Lipinski definition) is 1. The van der Waals surface area contributed by atoms with Crippen LogP contribution in [0.4, 0.5) is 24.9 Å². The molecule has 1 amide bonds. The first-order chi connectivity index (χ1) is 20.2. The zero-order valence-electron chi connectivity index (χ0n) is 22.7. The van der Waals surface area contributed by atoms with Crippen molar-refractivity contribution < 1.29 is 22.7 Å². The van der Waals surface area contributed by atoms with Crippen molar-refractivity contribution in [3.05, 3.63) is 58.8 Å². The molecule has 6 rings (SSSR count). The summed E-state index contributed by atoms with van der Waals surface area (Å²) in [5, 5.41) is 12.6. The first-order valence-corrected chi connectivity index (χ1v) is 13.5. The number of anilines is 2. The number of amides is 1. The molecule has 0 unspecified atom stereocenters. The second-order valence-corrected chi connectivity index (χ2v) is 10.3. The third kappa shape index (κ3) is 5.64. The summed E-state index contributed by atoms with van der Waals surface area (Å²) in [6.45, 7) is 2.93. The molecule has 0 bridgehead atoms. The van der Waals surface area contributed by atoms with Crippen LogP contribution in [0.3, 0.4) is 0 Å². The lowest BCUT2D eigenvalue weighted by molar-refractivity contribution is -0.138. The van der Waals surface area contributed by atoms with E-state index in [1.807, 2.05) is 36.3 Å². The molecule has 4 aromatic rings. The van der Waals surface area contributed by atoms with Gasteiger partial charge in [0, 0.05) is 75.9 Å². The number of piperazine rings is 1. The first kappa shape index (κ1) is 27.6. The van der Waals surface area contributed by atoms with Gasteiger partial charge in [0.25, 0.3) is 5.56 Å². The Labute approximate surface area is 237 Å². The number of fused-ring (bicyclic) bond motifs is 1. The van der Waals surface area contributed by atoms with E-state index in [0.717, 1.165) is 23.7 Å². The Morgan fingerprint density at radius 2 is 1.81 bits per heavy atom. The number of aryl methyl sites for hydroxylation is 1. The maximum atomic E-state index is 13.1. The minimum Gasteiger partial charge on any atom is -0.374 e. The largest absolute Gasteiger partial charge is 0.419 e. The van der Waals surface area contributed by atoms with Crippen molar-refractivity contribution in [3.8, 4) is 11.3 Å². The van der Waals surface area contributed by atoms with Gasteiger partial charge in [-0.3, -0.25) is 14.3 Å². The number of aromatic nitrogens is 6. The lowest BCUT2D eigenvalue weighted by Crippen LogP contribution is -2.51. The summed E-state index contributed by atoms with van der Waals surface area (Å²) in [5.74, 6) is 0.730. The van der Waals surface area contributed by atoms with Gasteiger partial charge in [0.2, 0.25) is 11.9 Å². The summed E-state index contributed by atoms with van der Waals surface area (Å²) in [6.07, 6.45) is -1.33. The maximum Gasteiger partial charge on any atom is 0.419 e. The number of ether oxygens (including phenoxy) is 1. The molecule has 2 aliphatic rings. The second-order valence-electron chi connectivity index (χ2n) is 10.3. The number of nitrogens with zero attached hydrogens (tertiary/aromatic N) is 8. The number of carbonyl (C=O) groups is 1. The number of morpholine rings is 1. The molecule has 42 heavy (non-hydrogen) atoms. The number of rotatable bonds is 5. The van der Waals surface area contributed by atoms with Crippen LogP contribution in [0.1, 0.15) is 12.0 Å². The Morgan fingerprint density at radius 1 is 1.05 bits per heavy atom. The summed E-state index contributed by atoms with van der Waals surface area (Å²) in [6, 6.07) is 7.42. The van der Waals surface area contributed by atoms with Gasteiger partial charge in [-0.05, 0) is 18.2 Å². The molecule has 1 N–H and O–H groups in total. The molecule has 0 spiro atoms. The molecule has 0 aliphatic carbocycles. The number of hydrogen-bond acceptors (Lipinski definition) is 9. The van der Waals surface area contributed by atoms with E-state index in [4.69, 9.17) is 4.74 Å². The van der Waals surface area contributed by atoms with Crippen LogP contribution < -0.4 is 15.4 Å². The highest BCUT2D eigenvalue weighted by atomic mass is 19.4. The molecule has 1 aromatic carbocycles. The minimum atomic E-state index is -4.50. The van der Waals surface area contributed by atoms with Crippen molar-refractivity contribution in [1.82, 2.24) is 34.8 Å². The molecule has 5 heterocycles. The van der Waals surface area contributed by atoms with Crippen LogP contribution in [-0.4, -0.2) is 92.7 Å². The molecule has 12 nitrogen and oxygen atoms in total. The maximum absolute atomic E-state index is 13.1. The third-order valence-corrected chi connectivity index (χ3v) is 7.50. The number of benzene rings is 1. The lowest BCUT2D eigenvalue weighted by Gasteiger charge is -2.37. The molecule has 15 heteroatoms. The average molecular weight is 584 g/mol. The molecule has 0 saturated carbocycles. The van der Waals surface area contributed by atoms with Crippen LogP contribution in [0.2, 0.25) is 0 Å².